The molecule has 4 atom stereocenters. The summed E-state index contributed by atoms with van der Waals surface area (Å²) in [6, 6.07) is 18.0. The highest BCUT2D eigenvalue weighted by molar-refractivity contribution is 5.82. The van der Waals surface area contributed by atoms with Gasteiger partial charge in [0.05, 0.1) is 25.6 Å². The minimum Gasteiger partial charge on any atom is -1.00 e. The molecule has 37 heavy (non-hydrogen) atoms. The minimum absolute atomic E-state index is 0. The highest BCUT2D eigenvalue weighted by Gasteiger charge is 2.55. The van der Waals surface area contributed by atoms with Crippen LogP contribution in [0.1, 0.15) is 80.4 Å². The third kappa shape index (κ3) is 4.81. The molecule has 2 saturated heterocycles. The van der Waals surface area contributed by atoms with Gasteiger partial charge in [-0.05, 0) is 79.5 Å². The molecule has 3 fully saturated rings. The van der Waals surface area contributed by atoms with E-state index in [9.17, 15) is 4.79 Å². The molecule has 1 amide bonds. The highest BCUT2D eigenvalue weighted by Crippen LogP contribution is 2.48. The number of nitrogens with zero attached hydrogens (tertiary/aromatic N) is 1. The number of hydrogen-bond donors (Lipinski definition) is 1. The van der Waals surface area contributed by atoms with E-state index < -0.39 is 0 Å². The molecule has 2 N–H and O–H groups in total. The Morgan fingerprint density at radius 3 is 2.59 bits per heavy atom. The predicted octanol–water partition coefficient (Wildman–Crippen LogP) is 1.82. The second-order valence-electron chi connectivity index (χ2n) is 11.9. The third-order valence-electron chi connectivity index (χ3n) is 10.2. The summed E-state index contributed by atoms with van der Waals surface area (Å²) in [5, 5.41) is 2.42. The van der Waals surface area contributed by atoms with Gasteiger partial charge in [-0.2, -0.15) is 0 Å². The van der Waals surface area contributed by atoms with Crippen molar-refractivity contribution in [2.24, 2.45) is 11.8 Å². The van der Waals surface area contributed by atoms with Gasteiger partial charge in [0.15, 0.2) is 0 Å². The Morgan fingerprint density at radius 1 is 1.00 bits per heavy atom. The van der Waals surface area contributed by atoms with Gasteiger partial charge in [-0.1, -0.05) is 61.7 Å². The predicted molar refractivity (Wildman–Crippen MR) is 143 cm³/mol. The van der Waals surface area contributed by atoms with Crippen molar-refractivity contribution in [3.8, 4) is 5.75 Å². The number of quaternary nitrogens is 1. The Morgan fingerprint density at radius 2 is 1.81 bits per heavy atom. The van der Waals surface area contributed by atoms with Crippen LogP contribution < -0.4 is 22.5 Å². The number of carbonyl (C=O) groups excluding carboxylic acids is 1. The number of benzene rings is 2. The van der Waals surface area contributed by atoms with E-state index in [-0.39, 0.29) is 23.7 Å². The van der Waals surface area contributed by atoms with E-state index in [0.29, 0.717) is 23.8 Å². The summed E-state index contributed by atoms with van der Waals surface area (Å²) in [6.07, 6.45) is 12.1. The monoisotopic (exact) mass is 522 g/mol. The number of carbonyl (C=O) groups is 1. The number of halogens is 1. The van der Waals surface area contributed by atoms with E-state index in [1.54, 1.807) is 7.11 Å². The van der Waals surface area contributed by atoms with E-state index in [2.05, 4.69) is 58.7 Å². The number of amides is 1. The lowest BCUT2D eigenvalue weighted by molar-refractivity contribution is -0.640. The fourth-order valence-electron chi connectivity index (χ4n) is 8.45. The van der Waals surface area contributed by atoms with E-state index in [1.807, 2.05) is 0 Å². The maximum Gasteiger partial charge on any atom is 0.232 e. The maximum atomic E-state index is 14.6. The second-order valence-corrected chi connectivity index (χ2v) is 11.9. The van der Waals surface area contributed by atoms with Gasteiger partial charge in [0.1, 0.15) is 11.7 Å². The molecule has 0 bridgehead atoms. The Hall–Kier alpha value is -2.04. The lowest BCUT2D eigenvalue weighted by Gasteiger charge is -2.47. The number of piperidine rings is 1. The maximum absolute atomic E-state index is 14.6. The van der Waals surface area contributed by atoms with E-state index in [0.717, 1.165) is 57.5 Å². The lowest BCUT2D eigenvalue weighted by atomic mass is 9.63. The normalized spacial score (nSPS) is 30.0. The molecule has 1 spiro atoms. The molecule has 0 radical (unpaired) electrons. The molecule has 2 heterocycles. The van der Waals surface area contributed by atoms with E-state index in [4.69, 9.17) is 4.74 Å². The van der Waals surface area contributed by atoms with Crippen LogP contribution in [0.2, 0.25) is 0 Å². The number of ether oxygens (including phenoxy) is 1. The van der Waals surface area contributed by atoms with Gasteiger partial charge in [-0.15, -0.1) is 0 Å². The molecule has 1 saturated carbocycles. The molecule has 2 aliphatic carbocycles. The zero-order chi connectivity index (χ0) is 24.5. The standard InChI is InChI=1S/C32H42N2O2.ClH/c1-36-30-16-8-15-27-26(30)14-9-18-32(27)22-33-21-28(32)31(35)34-19-17-25(23-10-4-2-5-11-23)20-29(34)24-12-6-3-7-13-24;/h2,4-5,8,10-11,15-16,24-25,28-29,33H,3,6-7,9,12-14,17-22H2,1H3;1H/t25-,28+,29+,32+;/m1./s1. The zero-order valence-corrected chi connectivity index (χ0v) is 23.1. The smallest absolute Gasteiger partial charge is 0.232 e. The molecule has 2 aromatic carbocycles. The SMILES string of the molecule is COc1cccc2c1CCC[C@]21C[NH2+]C[C@H]1C(=O)N1CC[C@@H](c2ccccc2)C[C@H]1C1CCCCC1.[Cl-]. The van der Waals surface area contributed by atoms with Crippen molar-refractivity contribution in [1.82, 2.24) is 4.90 Å². The Bertz CT molecular complexity index is 1070. The van der Waals surface area contributed by atoms with Crippen molar-refractivity contribution >= 4 is 5.91 Å². The largest absolute Gasteiger partial charge is 1.00 e. The van der Waals surface area contributed by atoms with Crippen LogP contribution in [0.25, 0.3) is 0 Å². The van der Waals surface area contributed by atoms with E-state index in [1.165, 1.54) is 48.8 Å². The summed E-state index contributed by atoms with van der Waals surface area (Å²) in [4.78, 5) is 17.0. The molecular formula is C32H43ClN2O2. The van der Waals surface area contributed by atoms with Crippen LogP contribution >= 0.6 is 0 Å². The molecular weight excluding hydrogens is 480 g/mol. The van der Waals surface area contributed by atoms with Crippen LogP contribution in [0.15, 0.2) is 48.5 Å². The van der Waals surface area contributed by atoms with Gasteiger partial charge in [0.25, 0.3) is 0 Å². The first-order valence-corrected chi connectivity index (χ1v) is 14.5. The fourth-order valence-corrected chi connectivity index (χ4v) is 8.45. The van der Waals surface area contributed by atoms with Crippen LogP contribution in [0.5, 0.6) is 5.75 Å². The molecule has 0 aromatic heterocycles. The summed E-state index contributed by atoms with van der Waals surface area (Å²) in [7, 11) is 1.78. The molecule has 4 aliphatic rings. The first kappa shape index (κ1) is 26.6. The van der Waals surface area contributed by atoms with Crippen molar-refractivity contribution in [3.05, 3.63) is 65.2 Å². The van der Waals surface area contributed by atoms with Crippen LogP contribution in [-0.2, 0) is 16.6 Å². The van der Waals surface area contributed by atoms with Crippen LogP contribution in [-0.4, -0.2) is 43.6 Å². The van der Waals surface area contributed by atoms with Gasteiger partial charge in [-0.3, -0.25) is 4.79 Å². The summed E-state index contributed by atoms with van der Waals surface area (Å²) in [5.41, 5.74) is 4.16. The number of methoxy groups -OCH3 is 1. The van der Waals surface area contributed by atoms with Crippen LogP contribution in [0.4, 0.5) is 0 Å². The first-order valence-electron chi connectivity index (χ1n) is 14.5. The number of likely N-dealkylation sites (tertiary alicyclic amines) is 1. The van der Waals surface area contributed by atoms with Crippen molar-refractivity contribution in [3.63, 3.8) is 0 Å². The average molecular weight is 523 g/mol. The third-order valence-corrected chi connectivity index (χ3v) is 10.2. The van der Waals surface area contributed by atoms with Crippen LogP contribution in [0, 0.1) is 11.8 Å². The summed E-state index contributed by atoms with van der Waals surface area (Å²) in [5.74, 6) is 2.76. The number of hydrogen-bond acceptors (Lipinski definition) is 2. The number of fused-ring (bicyclic) bond motifs is 2. The Labute approximate surface area is 229 Å². The molecule has 5 heteroatoms. The van der Waals surface area contributed by atoms with Crippen molar-refractivity contribution in [2.45, 2.75) is 81.6 Å². The zero-order valence-electron chi connectivity index (χ0n) is 22.3. The summed E-state index contributed by atoms with van der Waals surface area (Å²) < 4.78 is 5.77. The van der Waals surface area contributed by atoms with Crippen molar-refractivity contribution < 1.29 is 27.3 Å². The second kappa shape index (κ2) is 11.4. The Balaban J connectivity index is 0.00000280. The average Bonchev–Trinajstić information content (AvgIpc) is 3.37. The Kier molecular flexibility index (Phi) is 8.16. The van der Waals surface area contributed by atoms with Crippen molar-refractivity contribution in [1.29, 1.82) is 0 Å². The van der Waals surface area contributed by atoms with Crippen LogP contribution in [0.3, 0.4) is 0 Å². The number of nitrogens with two attached hydrogens (primary N) is 1. The van der Waals surface area contributed by atoms with Gasteiger partial charge in [0.2, 0.25) is 5.91 Å². The molecule has 6 rings (SSSR count). The molecule has 2 aromatic rings. The van der Waals surface area contributed by atoms with Gasteiger partial charge >= 0.3 is 0 Å². The van der Waals surface area contributed by atoms with E-state index >= 15 is 0 Å². The summed E-state index contributed by atoms with van der Waals surface area (Å²) >= 11 is 0. The minimum atomic E-state index is -0.0490. The van der Waals surface area contributed by atoms with Crippen molar-refractivity contribution in [2.75, 3.05) is 26.7 Å². The molecule has 2 aliphatic heterocycles. The van der Waals surface area contributed by atoms with Gasteiger partial charge in [-0.25, -0.2) is 0 Å². The fraction of sp³-hybridized carbons (Fsp3) is 0.594. The molecule has 0 unspecified atom stereocenters. The quantitative estimate of drug-likeness (QED) is 0.666. The number of rotatable bonds is 4. The first-order chi connectivity index (χ1) is 17.7. The topological polar surface area (TPSA) is 46.1 Å². The molecule has 200 valence electrons. The lowest BCUT2D eigenvalue weighted by Crippen LogP contribution is -3.00. The molecule has 4 nitrogen and oxygen atoms in total. The highest BCUT2D eigenvalue weighted by atomic mass is 35.5. The van der Waals surface area contributed by atoms with Gasteiger partial charge in [0, 0.05) is 12.6 Å². The summed E-state index contributed by atoms with van der Waals surface area (Å²) in [6.45, 7) is 2.86. The van der Waals surface area contributed by atoms with Gasteiger partial charge < -0.3 is 27.4 Å².